The van der Waals surface area contributed by atoms with Crippen molar-refractivity contribution in [2.24, 2.45) is 0 Å². The Labute approximate surface area is 248 Å². The lowest BCUT2D eigenvalue weighted by molar-refractivity contribution is -0.144. The van der Waals surface area contributed by atoms with Crippen LogP contribution in [-0.4, -0.2) is 23.0 Å². The Morgan fingerprint density at radius 2 is 1.56 bits per heavy atom. The number of esters is 1. The Kier molecular flexibility index (Phi) is 7.48. The van der Waals surface area contributed by atoms with Gasteiger partial charge in [-0.2, -0.15) is 0 Å². The van der Waals surface area contributed by atoms with Gasteiger partial charge in [-0.1, -0.05) is 83.9 Å². The molecule has 0 amide bonds. The van der Waals surface area contributed by atoms with Gasteiger partial charge in [0.1, 0.15) is 12.4 Å². The molecule has 0 aliphatic carbocycles. The van der Waals surface area contributed by atoms with Crippen molar-refractivity contribution in [3.05, 3.63) is 123 Å². The Morgan fingerprint density at radius 1 is 0.829 bits per heavy atom. The molecule has 41 heavy (non-hydrogen) atoms. The minimum absolute atomic E-state index is 0.0740. The molecule has 0 bridgehead atoms. The molecule has 0 saturated heterocycles. The number of nitrogens with one attached hydrogen (secondary N) is 2. The maximum Gasteiger partial charge on any atom is 0.312 e. The van der Waals surface area contributed by atoms with Crippen LogP contribution in [0.25, 0.3) is 32.9 Å². The number of fused-ring (bicyclic) bond motifs is 2. The summed E-state index contributed by atoms with van der Waals surface area (Å²) >= 11 is 13.1. The first-order valence-corrected chi connectivity index (χ1v) is 14.1. The number of carbonyl (C=O) groups excluding carboxylic acids is 1. The van der Waals surface area contributed by atoms with Gasteiger partial charge in [0.05, 0.1) is 18.6 Å². The lowest BCUT2D eigenvalue weighted by Crippen LogP contribution is -2.09. The molecule has 206 valence electrons. The second kappa shape index (κ2) is 11.4. The van der Waals surface area contributed by atoms with Crippen LogP contribution < -0.4 is 4.74 Å². The Morgan fingerprint density at radius 3 is 2.32 bits per heavy atom. The van der Waals surface area contributed by atoms with Gasteiger partial charge in [-0.05, 0) is 42.3 Å². The van der Waals surface area contributed by atoms with Crippen molar-refractivity contribution in [2.45, 2.75) is 26.4 Å². The van der Waals surface area contributed by atoms with E-state index < -0.39 is 0 Å². The lowest BCUT2D eigenvalue weighted by Gasteiger charge is -2.13. The van der Waals surface area contributed by atoms with Crippen molar-refractivity contribution in [3.8, 4) is 16.9 Å². The summed E-state index contributed by atoms with van der Waals surface area (Å²) in [7, 11) is 1.65. The van der Waals surface area contributed by atoms with E-state index in [4.69, 9.17) is 32.7 Å². The number of aromatic amines is 2. The quantitative estimate of drug-likeness (QED) is 0.176. The van der Waals surface area contributed by atoms with E-state index in [2.05, 4.69) is 34.2 Å². The third-order valence-electron chi connectivity index (χ3n) is 7.36. The first-order chi connectivity index (χ1) is 19.9. The molecule has 6 aromatic rings. The van der Waals surface area contributed by atoms with Crippen LogP contribution in [0, 0.1) is 6.92 Å². The number of benzene rings is 4. The number of aromatic nitrogens is 2. The van der Waals surface area contributed by atoms with Crippen LogP contribution in [0.1, 0.15) is 28.1 Å². The molecule has 0 aliphatic heterocycles. The highest BCUT2D eigenvalue weighted by Gasteiger charge is 2.25. The van der Waals surface area contributed by atoms with Gasteiger partial charge in [-0.25, -0.2) is 0 Å². The molecule has 0 atom stereocenters. The van der Waals surface area contributed by atoms with Crippen LogP contribution in [0.15, 0.2) is 84.9 Å². The lowest BCUT2D eigenvalue weighted by atomic mass is 9.95. The van der Waals surface area contributed by atoms with Gasteiger partial charge in [0, 0.05) is 61.3 Å². The number of ether oxygens (including phenoxy) is 2. The molecule has 4 aromatic carbocycles. The second-order valence-electron chi connectivity index (χ2n) is 10.1. The van der Waals surface area contributed by atoms with E-state index in [0.717, 1.165) is 55.4 Å². The predicted octanol–water partition coefficient (Wildman–Crippen LogP) is 8.82. The molecule has 2 aromatic heterocycles. The van der Waals surface area contributed by atoms with E-state index in [1.54, 1.807) is 19.2 Å². The van der Waals surface area contributed by atoms with Crippen molar-refractivity contribution >= 4 is 51.0 Å². The molecule has 2 N–H and O–H groups in total. The molecular weight excluding hydrogens is 555 g/mol. The first-order valence-electron chi connectivity index (χ1n) is 13.3. The summed E-state index contributed by atoms with van der Waals surface area (Å²) in [6.45, 7) is 2.20. The van der Waals surface area contributed by atoms with Crippen molar-refractivity contribution < 1.29 is 14.3 Å². The molecule has 6 rings (SSSR count). The topological polar surface area (TPSA) is 67.1 Å². The summed E-state index contributed by atoms with van der Waals surface area (Å²) in [5.74, 6) is 0.311. The Balaban J connectivity index is 1.42. The third kappa shape index (κ3) is 5.31. The number of methoxy groups -OCH3 is 1. The van der Waals surface area contributed by atoms with Gasteiger partial charge in [-0.15, -0.1) is 0 Å². The van der Waals surface area contributed by atoms with Gasteiger partial charge in [0.25, 0.3) is 0 Å². The van der Waals surface area contributed by atoms with Crippen LogP contribution in [0.4, 0.5) is 0 Å². The highest BCUT2D eigenvalue weighted by molar-refractivity contribution is 6.38. The molecule has 0 saturated carbocycles. The van der Waals surface area contributed by atoms with Gasteiger partial charge in [0.15, 0.2) is 0 Å². The maximum atomic E-state index is 13.1. The Hall–Kier alpha value is -4.19. The van der Waals surface area contributed by atoms with Crippen molar-refractivity contribution in [2.75, 3.05) is 7.11 Å². The summed E-state index contributed by atoms with van der Waals surface area (Å²) in [6, 6.07) is 27.6. The SMILES string of the molecule is COc1c(Cc2ccccc2)cc2[nH]c(C)c(-c3c(CC(=O)OCc4ccc(Cl)cc4)[nH]c4ccccc34)c2c1Cl. The van der Waals surface area contributed by atoms with Gasteiger partial charge >= 0.3 is 5.97 Å². The van der Waals surface area contributed by atoms with Crippen molar-refractivity contribution in [1.29, 1.82) is 0 Å². The van der Waals surface area contributed by atoms with E-state index in [0.29, 0.717) is 22.2 Å². The second-order valence-corrected chi connectivity index (χ2v) is 10.9. The number of H-pyrrole nitrogens is 2. The van der Waals surface area contributed by atoms with Crippen LogP contribution in [0.5, 0.6) is 5.75 Å². The summed E-state index contributed by atoms with van der Waals surface area (Å²) in [5.41, 5.74) is 8.45. The number of halogens is 2. The van der Waals surface area contributed by atoms with Crippen LogP contribution in [0.3, 0.4) is 0 Å². The average molecular weight is 584 g/mol. The number of rotatable bonds is 8. The number of aryl methyl sites for hydroxylation is 1. The van der Waals surface area contributed by atoms with Crippen molar-refractivity contribution in [3.63, 3.8) is 0 Å². The number of hydrogen-bond donors (Lipinski definition) is 2. The molecule has 7 heteroatoms. The minimum Gasteiger partial charge on any atom is -0.495 e. The van der Waals surface area contributed by atoms with Crippen LogP contribution >= 0.6 is 23.2 Å². The normalized spacial score (nSPS) is 11.3. The molecule has 0 aliphatic rings. The number of carbonyl (C=O) groups is 1. The third-order valence-corrected chi connectivity index (χ3v) is 7.97. The van der Waals surface area contributed by atoms with E-state index in [9.17, 15) is 4.79 Å². The molecule has 0 unspecified atom stereocenters. The van der Waals surface area contributed by atoms with Crippen molar-refractivity contribution in [1.82, 2.24) is 9.97 Å². The average Bonchev–Trinajstić information content (AvgIpc) is 3.49. The maximum absolute atomic E-state index is 13.1. The summed E-state index contributed by atoms with van der Waals surface area (Å²) in [5, 5.41) is 3.04. The first kappa shape index (κ1) is 27.0. The summed E-state index contributed by atoms with van der Waals surface area (Å²) in [6.07, 6.45) is 0.759. The van der Waals surface area contributed by atoms with Gasteiger partial charge in [-0.3, -0.25) is 4.79 Å². The predicted molar refractivity (Wildman–Crippen MR) is 166 cm³/mol. The molecule has 2 heterocycles. The fraction of sp³-hybridized carbons (Fsp3) is 0.147. The number of hydrogen-bond acceptors (Lipinski definition) is 3. The largest absolute Gasteiger partial charge is 0.495 e. The smallest absolute Gasteiger partial charge is 0.312 e. The monoisotopic (exact) mass is 582 g/mol. The van der Waals surface area contributed by atoms with E-state index in [1.165, 1.54) is 5.56 Å². The zero-order valence-corrected chi connectivity index (χ0v) is 24.2. The van der Waals surface area contributed by atoms with E-state index in [1.807, 2.05) is 55.5 Å². The van der Waals surface area contributed by atoms with E-state index >= 15 is 0 Å². The zero-order valence-electron chi connectivity index (χ0n) is 22.7. The number of para-hydroxylation sites is 1. The Bertz CT molecular complexity index is 1870. The molecule has 0 fully saturated rings. The highest BCUT2D eigenvalue weighted by atomic mass is 35.5. The van der Waals surface area contributed by atoms with Crippen LogP contribution in [-0.2, 0) is 29.0 Å². The highest BCUT2D eigenvalue weighted by Crippen LogP contribution is 2.46. The molecule has 0 radical (unpaired) electrons. The van der Waals surface area contributed by atoms with E-state index in [-0.39, 0.29) is 19.0 Å². The molecule has 0 spiro atoms. The summed E-state index contributed by atoms with van der Waals surface area (Å²) in [4.78, 5) is 20.1. The zero-order chi connectivity index (χ0) is 28.5. The fourth-order valence-corrected chi connectivity index (χ4v) is 6.04. The molecule has 5 nitrogen and oxygen atoms in total. The molecular formula is C34H28Cl2N2O3. The minimum atomic E-state index is -0.334. The van der Waals surface area contributed by atoms with Gasteiger partial charge in [0.2, 0.25) is 0 Å². The standard InChI is InChI=1S/C34H28Cl2N2O3/c1-20-30(32-27(37-20)17-23(34(40-2)33(32)36)16-21-8-4-3-5-9-21)31-25-10-6-7-11-26(25)38-28(31)18-29(39)41-19-22-12-14-24(35)15-13-22/h3-15,17,37-38H,16,18-19H2,1-2H3. The van der Waals surface area contributed by atoms with Gasteiger partial charge < -0.3 is 19.4 Å². The summed E-state index contributed by atoms with van der Waals surface area (Å²) < 4.78 is 11.5. The fourth-order valence-electron chi connectivity index (χ4n) is 5.52. The van der Waals surface area contributed by atoms with Crippen LogP contribution in [0.2, 0.25) is 10.0 Å².